The van der Waals surface area contributed by atoms with Gasteiger partial charge in [-0.05, 0) is 83.4 Å². The van der Waals surface area contributed by atoms with Crippen molar-refractivity contribution < 1.29 is 29.0 Å². The number of hydrogen-bond acceptors (Lipinski definition) is 8. The van der Waals surface area contributed by atoms with Crippen LogP contribution in [0.4, 0.5) is 4.79 Å². The second-order valence-electron chi connectivity index (χ2n) is 18.0. The zero-order chi connectivity index (χ0) is 41.6. The molecule has 0 saturated carbocycles. The average Bonchev–Trinajstić information content (AvgIpc) is 3.61. The van der Waals surface area contributed by atoms with E-state index >= 15 is 9.59 Å². The van der Waals surface area contributed by atoms with Gasteiger partial charge in [0, 0.05) is 41.9 Å². The van der Waals surface area contributed by atoms with E-state index in [1.165, 1.54) is 0 Å². The van der Waals surface area contributed by atoms with Gasteiger partial charge in [0.25, 0.3) is 0 Å². The van der Waals surface area contributed by atoms with Gasteiger partial charge in [-0.1, -0.05) is 105 Å². The average molecular weight is 777 g/mol. The van der Waals surface area contributed by atoms with Gasteiger partial charge in [-0.25, -0.2) is 4.79 Å². The minimum absolute atomic E-state index is 0.0260. The SMILES string of the molecule is CC(C)C[C@@]1(C2=CN[C@@](Cc3ccccc3)(C[C@H](O)[C@H](Cc3ccccc3)NC(=O)OC(C)(C)C)C2=O)NC=C([C@@H](Cc2ccccc2)C(=O)NC(C)(C)C)C1=O. The lowest BCUT2D eigenvalue weighted by Crippen LogP contribution is -2.58. The van der Waals surface area contributed by atoms with Crippen molar-refractivity contribution in [1.82, 2.24) is 21.3 Å². The summed E-state index contributed by atoms with van der Waals surface area (Å²) in [6, 6.07) is 27.8. The Morgan fingerprint density at radius 2 is 1.28 bits per heavy atom. The number of aliphatic hydroxyl groups is 1. The Morgan fingerprint density at radius 3 is 1.81 bits per heavy atom. The molecule has 2 heterocycles. The van der Waals surface area contributed by atoms with Crippen LogP contribution >= 0.6 is 0 Å². The second-order valence-corrected chi connectivity index (χ2v) is 18.0. The van der Waals surface area contributed by atoms with Crippen LogP contribution in [0.3, 0.4) is 0 Å². The van der Waals surface area contributed by atoms with E-state index in [-0.39, 0.29) is 54.6 Å². The molecule has 2 aliphatic heterocycles. The Bertz CT molecular complexity index is 1950. The highest BCUT2D eigenvalue weighted by Crippen LogP contribution is 2.42. The molecule has 304 valence electrons. The molecule has 0 unspecified atom stereocenters. The quantitative estimate of drug-likeness (QED) is 0.117. The molecule has 0 spiro atoms. The molecule has 10 heteroatoms. The highest BCUT2D eigenvalue weighted by Gasteiger charge is 2.57. The van der Waals surface area contributed by atoms with Gasteiger partial charge in [-0.2, -0.15) is 0 Å². The molecular weight excluding hydrogens is 717 g/mol. The number of benzene rings is 3. The van der Waals surface area contributed by atoms with E-state index < -0.39 is 46.4 Å². The lowest BCUT2D eigenvalue weighted by Gasteiger charge is -2.37. The molecule has 3 aromatic carbocycles. The van der Waals surface area contributed by atoms with Crippen LogP contribution in [0.25, 0.3) is 0 Å². The number of carbonyl (C=O) groups is 4. The molecule has 0 radical (unpaired) electrons. The van der Waals surface area contributed by atoms with Crippen molar-refractivity contribution in [1.29, 1.82) is 0 Å². The van der Waals surface area contributed by atoms with Crippen LogP contribution in [0, 0.1) is 11.8 Å². The first-order valence-corrected chi connectivity index (χ1v) is 20.0. The van der Waals surface area contributed by atoms with Crippen LogP contribution in [0.5, 0.6) is 0 Å². The highest BCUT2D eigenvalue weighted by molar-refractivity contribution is 6.19. The maximum absolute atomic E-state index is 15.3. The van der Waals surface area contributed by atoms with Gasteiger partial charge in [0.15, 0.2) is 11.6 Å². The fraction of sp³-hybridized carbons (Fsp3) is 0.447. The predicted molar refractivity (Wildman–Crippen MR) is 223 cm³/mol. The summed E-state index contributed by atoms with van der Waals surface area (Å²) < 4.78 is 5.59. The molecule has 0 aromatic heterocycles. The number of ether oxygens (including phenoxy) is 1. The molecule has 0 aliphatic carbocycles. The van der Waals surface area contributed by atoms with Gasteiger partial charge in [-0.15, -0.1) is 0 Å². The van der Waals surface area contributed by atoms with Crippen molar-refractivity contribution in [3.8, 4) is 0 Å². The molecule has 5 rings (SSSR count). The second kappa shape index (κ2) is 17.5. The van der Waals surface area contributed by atoms with Crippen molar-refractivity contribution in [3.05, 3.63) is 131 Å². The largest absolute Gasteiger partial charge is 0.444 e. The van der Waals surface area contributed by atoms with Crippen molar-refractivity contribution in [2.75, 3.05) is 0 Å². The minimum Gasteiger partial charge on any atom is -0.444 e. The fourth-order valence-electron chi connectivity index (χ4n) is 7.89. The maximum Gasteiger partial charge on any atom is 0.407 e. The third-order valence-corrected chi connectivity index (χ3v) is 10.3. The Morgan fingerprint density at radius 1 is 0.737 bits per heavy atom. The third-order valence-electron chi connectivity index (χ3n) is 10.3. The predicted octanol–water partition coefficient (Wildman–Crippen LogP) is 6.53. The Kier molecular flexibility index (Phi) is 13.2. The van der Waals surface area contributed by atoms with Crippen LogP contribution < -0.4 is 21.3 Å². The van der Waals surface area contributed by atoms with Crippen molar-refractivity contribution in [2.24, 2.45) is 11.8 Å². The molecule has 2 amide bonds. The van der Waals surface area contributed by atoms with Crippen LogP contribution in [-0.2, 0) is 38.4 Å². The normalized spacial score (nSPS) is 21.2. The van der Waals surface area contributed by atoms with Crippen LogP contribution in [-0.4, -0.2) is 63.0 Å². The molecular formula is C47H60N4O6. The number of amides is 2. The molecule has 10 nitrogen and oxygen atoms in total. The third kappa shape index (κ3) is 10.8. The summed E-state index contributed by atoms with van der Waals surface area (Å²) in [5.74, 6) is -1.79. The van der Waals surface area contributed by atoms with E-state index in [9.17, 15) is 14.7 Å². The van der Waals surface area contributed by atoms with Gasteiger partial charge in [0.05, 0.1) is 18.1 Å². The summed E-state index contributed by atoms with van der Waals surface area (Å²) in [6.45, 7) is 15.0. The first-order valence-electron chi connectivity index (χ1n) is 20.0. The molecule has 5 N–H and O–H groups in total. The lowest BCUT2D eigenvalue weighted by molar-refractivity contribution is -0.128. The van der Waals surface area contributed by atoms with Gasteiger partial charge in [0.1, 0.15) is 16.7 Å². The summed E-state index contributed by atoms with van der Waals surface area (Å²) in [6.07, 6.45) is 2.31. The summed E-state index contributed by atoms with van der Waals surface area (Å²) >= 11 is 0. The molecule has 0 saturated heterocycles. The van der Waals surface area contributed by atoms with Crippen molar-refractivity contribution in [2.45, 2.75) is 122 Å². The Hall–Kier alpha value is -5.22. The molecule has 5 atom stereocenters. The van der Waals surface area contributed by atoms with E-state index in [1.807, 2.05) is 126 Å². The number of ketones is 2. The number of alkyl carbamates (subject to hydrolysis) is 1. The number of hydrogen-bond donors (Lipinski definition) is 5. The van der Waals surface area contributed by atoms with Gasteiger partial charge in [-0.3, -0.25) is 14.4 Å². The van der Waals surface area contributed by atoms with Crippen LogP contribution in [0.2, 0.25) is 0 Å². The van der Waals surface area contributed by atoms with Crippen molar-refractivity contribution in [3.63, 3.8) is 0 Å². The highest BCUT2D eigenvalue weighted by atomic mass is 16.6. The maximum atomic E-state index is 15.3. The topological polar surface area (TPSA) is 146 Å². The van der Waals surface area contributed by atoms with Crippen molar-refractivity contribution >= 4 is 23.6 Å². The number of carbonyl (C=O) groups excluding carboxylic acids is 4. The summed E-state index contributed by atoms with van der Waals surface area (Å²) in [5.41, 5.74) is -0.980. The van der Waals surface area contributed by atoms with Gasteiger partial charge in [0.2, 0.25) is 5.91 Å². The molecule has 0 bridgehead atoms. The summed E-state index contributed by atoms with van der Waals surface area (Å²) in [7, 11) is 0. The molecule has 3 aromatic rings. The number of nitrogens with one attached hydrogen (secondary N) is 4. The summed E-state index contributed by atoms with van der Waals surface area (Å²) in [4.78, 5) is 57.6. The Balaban J connectivity index is 1.51. The molecule has 2 aliphatic rings. The smallest absolute Gasteiger partial charge is 0.407 e. The lowest BCUT2D eigenvalue weighted by atomic mass is 9.71. The zero-order valence-electron chi connectivity index (χ0n) is 34.6. The number of aliphatic hydroxyl groups excluding tert-OH is 1. The minimum atomic E-state index is -1.47. The fourth-order valence-corrected chi connectivity index (χ4v) is 7.89. The first kappa shape index (κ1) is 42.9. The summed E-state index contributed by atoms with van der Waals surface area (Å²) in [5, 5.41) is 24.8. The molecule has 57 heavy (non-hydrogen) atoms. The standard InChI is InChI=1S/C47H60N4O6/c1-31(2)26-47(40(53)36(29-49-47)35(42(55)51-44(3,4)5)24-32-18-12-9-13-19-32)37-30-48-46(41(37)54,27-34-22-16-11-17-23-34)28-39(52)38(25-33-20-14-10-15-21-33)50-43(56)57-45(6,7)8/h9-23,29-31,35,38-39,48-49,52H,24-28H2,1-8H3,(H,50,56)(H,51,55)/t35-,38+,39+,46+,47+/m1/s1. The van der Waals surface area contributed by atoms with E-state index in [4.69, 9.17) is 4.74 Å². The first-order chi connectivity index (χ1) is 26.8. The van der Waals surface area contributed by atoms with E-state index in [1.54, 1.807) is 33.2 Å². The zero-order valence-corrected chi connectivity index (χ0v) is 34.6. The van der Waals surface area contributed by atoms with E-state index in [0.717, 1.165) is 16.7 Å². The van der Waals surface area contributed by atoms with Crippen LogP contribution in [0.1, 0.15) is 84.9 Å². The Labute approximate surface area is 337 Å². The van der Waals surface area contributed by atoms with Gasteiger partial charge < -0.3 is 31.1 Å². The van der Waals surface area contributed by atoms with Crippen LogP contribution in [0.15, 0.2) is 115 Å². The van der Waals surface area contributed by atoms with E-state index in [0.29, 0.717) is 12.0 Å². The molecule has 0 fully saturated rings. The number of Topliss-reactive ketones (excluding diaryl/α,β-unsaturated/α-hetero) is 2. The number of rotatable bonds is 15. The van der Waals surface area contributed by atoms with Gasteiger partial charge >= 0.3 is 6.09 Å². The van der Waals surface area contributed by atoms with E-state index in [2.05, 4.69) is 21.3 Å². The monoisotopic (exact) mass is 776 g/mol.